The number of rotatable bonds is 3. The first-order chi connectivity index (χ1) is 12.6. The van der Waals surface area contributed by atoms with E-state index in [4.69, 9.17) is 0 Å². The lowest BCUT2D eigenvalue weighted by molar-refractivity contribution is 0.0958. The molecule has 1 fully saturated rings. The molecule has 2 N–H and O–H groups in total. The van der Waals surface area contributed by atoms with Gasteiger partial charge >= 0.3 is 0 Å². The van der Waals surface area contributed by atoms with Crippen molar-refractivity contribution in [3.05, 3.63) is 63.8 Å². The van der Waals surface area contributed by atoms with Crippen molar-refractivity contribution in [2.24, 2.45) is 0 Å². The van der Waals surface area contributed by atoms with E-state index in [1.807, 2.05) is 30.4 Å². The number of likely N-dealkylation sites (tertiary alicyclic amines) is 1. The Balaban J connectivity index is 1.62. The Bertz CT molecular complexity index is 810. The predicted octanol–water partition coefficient (Wildman–Crippen LogP) is 2.54. The Morgan fingerprint density at radius 2 is 2.12 bits per heavy atom. The molecule has 0 spiro atoms. The van der Waals surface area contributed by atoms with Crippen LogP contribution < -0.4 is 10.7 Å². The van der Waals surface area contributed by atoms with Crippen LogP contribution in [0, 0.1) is 0 Å². The van der Waals surface area contributed by atoms with Crippen molar-refractivity contribution in [1.82, 2.24) is 25.6 Å². The van der Waals surface area contributed by atoms with Gasteiger partial charge in [0.15, 0.2) is 0 Å². The second-order valence-electron chi connectivity index (χ2n) is 6.79. The summed E-state index contributed by atoms with van der Waals surface area (Å²) in [5, 5.41) is 5.12. The number of likely N-dealkylation sites (N-methyl/N-ethyl adjacent to an activating group) is 1. The minimum Gasteiger partial charge on any atom is -0.370 e. The van der Waals surface area contributed by atoms with Crippen LogP contribution in [0.15, 0.2) is 58.1 Å². The average molecular weight is 416 g/mol. The number of hydrogen-bond donors (Lipinski definition) is 2. The number of fused-ring (bicyclic) bond motifs is 1. The third kappa shape index (κ3) is 3.41. The molecule has 0 radical (unpaired) electrons. The van der Waals surface area contributed by atoms with Gasteiger partial charge in [-0.25, -0.2) is 9.99 Å². The van der Waals surface area contributed by atoms with Crippen LogP contribution in [0.3, 0.4) is 0 Å². The highest BCUT2D eigenvalue weighted by Gasteiger charge is 2.30. The molecule has 0 aromatic carbocycles. The van der Waals surface area contributed by atoms with Crippen molar-refractivity contribution in [1.29, 1.82) is 0 Å². The van der Waals surface area contributed by atoms with E-state index in [0.29, 0.717) is 10.3 Å². The van der Waals surface area contributed by atoms with E-state index in [2.05, 4.69) is 48.7 Å². The van der Waals surface area contributed by atoms with Crippen molar-refractivity contribution >= 4 is 21.8 Å². The molecule has 4 rings (SSSR count). The van der Waals surface area contributed by atoms with E-state index in [9.17, 15) is 4.79 Å². The van der Waals surface area contributed by atoms with Gasteiger partial charge in [-0.2, -0.15) is 0 Å². The Hall–Kier alpha value is -2.12. The first-order valence-corrected chi connectivity index (χ1v) is 9.73. The fourth-order valence-corrected chi connectivity index (χ4v) is 3.95. The highest BCUT2D eigenvalue weighted by atomic mass is 79.9. The van der Waals surface area contributed by atoms with Crippen molar-refractivity contribution in [3.63, 3.8) is 0 Å². The molecule has 6 nitrogen and oxygen atoms in total. The lowest BCUT2D eigenvalue weighted by atomic mass is 9.97. The normalized spacial score (nSPS) is 22.8. The summed E-state index contributed by atoms with van der Waals surface area (Å²) in [5.41, 5.74) is 6.79. The standard InChI is InChI=1S/C19H22BrN5O/c1-24-16-11-15(23-19(26)14-6-5-7-18(20)22-14)17(10-13(16)12-21-24)25-8-3-2-4-9-25/h5-7,10-12,16,21H,2-4,8-9H2,1H3,(H,23,26). The number of nitrogens with one attached hydrogen (secondary N) is 2. The molecule has 7 heteroatoms. The molecule has 1 unspecified atom stereocenters. The lowest BCUT2D eigenvalue weighted by Gasteiger charge is -2.35. The topological polar surface area (TPSA) is 60.5 Å². The molecule has 1 aliphatic carbocycles. The van der Waals surface area contributed by atoms with Gasteiger partial charge in [-0.3, -0.25) is 4.79 Å². The summed E-state index contributed by atoms with van der Waals surface area (Å²) in [5.74, 6) is -0.193. The smallest absolute Gasteiger partial charge is 0.274 e. The third-order valence-corrected chi connectivity index (χ3v) is 5.43. The fourth-order valence-electron chi connectivity index (χ4n) is 3.60. The maximum atomic E-state index is 12.7. The van der Waals surface area contributed by atoms with E-state index in [-0.39, 0.29) is 11.9 Å². The first kappa shape index (κ1) is 17.3. The molecule has 1 atom stereocenters. The molecule has 0 saturated carbocycles. The van der Waals surface area contributed by atoms with Crippen LogP contribution in [0.4, 0.5) is 0 Å². The zero-order valence-corrected chi connectivity index (χ0v) is 16.3. The minimum absolute atomic E-state index is 0.120. The maximum absolute atomic E-state index is 12.7. The summed E-state index contributed by atoms with van der Waals surface area (Å²) in [6, 6.07) is 5.47. The van der Waals surface area contributed by atoms with Crippen molar-refractivity contribution in [2.75, 3.05) is 20.1 Å². The highest BCUT2D eigenvalue weighted by Crippen LogP contribution is 2.30. The zero-order chi connectivity index (χ0) is 18.1. The van der Waals surface area contributed by atoms with Crippen LogP contribution in [-0.4, -0.2) is 47.0 Å². The predicted molar refractivity (Wildman–Crippen MR) is 104 cm³/mol. The van der Waals surface area contributed by atoms with E-state index in [1.165, 1.54) is 24.8 Å². The quantitative estimate of drug-likeness (QED) is 0.742. The lowest BCUT2D eigenvalue weighted by Crippen LogP contribution is -2.40. The van der Waals surface area contributed by atoms with Gasteiger partial charge < -0.3 is 15.6 Å². The summed E-state index contributed by atoms with van der Waals surface area (Å²) in [7, 11) is 2.00. The van der Waals surface area contributed by atoms with E-state index < -0.39 is 0 Å². The molecule has 1 saturated heterocycles. The van der Waals surface area contributed by atoms with Crippen molar-refractivity contribution in [2.45, 2.75) is 25.3 Å². The van der Waals surface area contributed by atoms with Gasteiger partial charge in [0, 0.05) is 26.3 Å². The number of hydrazine groups is 1. The van der Waals surface area contributed by atoms with Gasteiger partial charge in [-0.1, -0.05) is 6.07 Å². The molecule has 2 aliphatic heterocycles. The molecule has 1 aromatic heterocycles. The molecule has 26 heavy (non-hydrogen) atoms. The molecular formula is C19H22BrN5O. The Labute approximate surface area is 161 Å². The summed E-state index contributed by atoms with van der Waals surface area (Å²) in [4.78, 5) is 19.4. The van der Waals surface area contributed by atoms with Crippen LogP contribution in [0.1, 0.15) is 29.8 Å². The van der Waals surface area contributed by atoms with Crippen LogP contribution in [0.2, 0.25) is 0 Å². The monoisotopic (exact) mass is 415 g/mol. The summed E-state index contributed by atoms with van der Waals surface area (Å²) < 4.78 is 0.652. The highest BCUT2D eigenvalue weighted by molar-refractivity contribution is 9.10. The number of aromatic nitrogens is 1. The number of carbonyl (C=O) groups excluding carboxylic acids is 1. The number of hydrogen-bond acceptors (Lipinski definition) is 5. The molecule has 136 valence electrons. The SMILES string of the molecule is CN1NC=C2C=C(N3CCCCC3)C(NC(=O)c3cccc(Br)n3)=CC21. The van der Waals surface area contributed by atoms with Crippen LogP contribution in [-0.2, 0) is 0 Å². The van der Waals surface area contributed by atoms with Crippen LogP contribution in [0.25, 0.3) is 0 Å². The van der Waals surface area contributed by atoms with Gasteiger partial charge in [0.25, 0.3) is 5.91 Å². The first-order valence-electron chi connectivity index (χ1n) is 8.93. The molecular weight excluding hydrogens is 394 g/mol. The Morgan fingerprint density at radius 3 is 2.88 bits per heavy atom. The molecule has 1 aromatic rings. The molecule has 0 bridgehead atoms. The second kappa shape index (κ2) is 7.25. The van der Waals surface area contributed by atoms with Gasteiger partial charge in [-0.15, -0.1) is 0 Å². The molecule has 1 amide bonds. The fraction of sp³-hybridized carbons (Fsp3) is 0.368. The Morgan fingerprint density at radius 1 is 1.31 bits per heavy atom. The summed E-state index contributed by atoms with van der Waals surface area (Å²) >= 11 is 3.33. The van der Waals surface area contributed by atoms with E-state index in [0.717, 1.165) is 24.5 Å². The third-order valence-electron chi connectivity index (χ3n) is 4.99. The average Bonchev–Trinajstić information content (AvgIpc) is 3.02. The van der Waals surface area contributed by atoms with E-state index >= 15 is 0 Å². The van der Waals surface area contributed by atoms with E-state index in [1.54, 1.807) is 6.07 Å². The maximum Gasteiger partial charge on any atom is 0.274 e. The largest absolute Gasteiger partial charge is 0.370 e. The molecule has 3 heterocycles. The number of nitrogens with zero attached hydrogens (tertiary/aromatic N) is 3. The Kier molecular flexibility index (Phi) is 4.82. The zero-order valence-electron chi connectivity index (χ0n) is 14.7. The summed E-state index contributed by atoms with van der Waals surface area (Å²) in [6.07, 6.45) is 9.98. The van der Waals surface area contributed by atoms with Gasteiger partial charge in [0.2, 0.25) is 0 Å². The van der Waals surface area contributed by atoms with Gasteiger partial charge in [0.05, 0.1) is 17.4 Å². The number of pyridine rings is 1. The minimum atomic E-state index is -0.193. The molecule has 3 aliphatic rings. The number of amides is 1. The van der Waals surface area contributed by atoms with Crippen LogP contribution >= 0.6 is 15.9 Å². The summed E-state index contributed by atoms with van der Waals surface area (Å²) in [6.45, 7) is 2.05. The number of carbonyl (C=O) groups is 1. The van der Waals surface area contributed by atoms with Gasteiger partial charge in [-0.05, 0) is 65.1 Å². The number of halogens is 1. The second-order valence-corrected chi connectivity index (χ2v) is 7.60. The van der Waals surface area contributed by atoms with Crippen LogP contribution in [0.5, 0.6) is 0 Å². The number of piperidine rings is 1. The van der Waals surface area contributed by atoms with Crippen molar-refractivity contribution < 1.29 is 4.79 Å². The van der Waals surface area contributed by atoms with Crippen molar-refractivity contribution in [3.8, 4) is 0 Å². The van der Waals surface area contributed by atoms with Gasteiger partial charge in [0.1, 0.15) is 10.3 Å².